The Kier molecular flexibility index (Phi) is 2.93. The van der Waals surface area contributed by atoms with E-state index in [9.17, 15) is 9.18 Å². The van der Waals surface area contributed by atoms with Gasteiger partial charge in [-0.1, -0.05) is 18.2 Å². The number of carbonyl (C=O) groups is 1. The first-order valence-corrected chi connectivity index (χ1v) is 5.58. The molecule has 1 fully saturated rings. The molecular weight excluding hydrogens is 217 g/mol. The van der Waals surface area contributed by atoms with Gasteiger partial charge in [0.05, 0.1) is 0 Å². The number of carboxylic acid groups (broad SMARTS) is 1. The van der Waals surface area contributed by atoms with Crippen LogP contribution in [0.1, 0.15) is 11.6 Å². The lowest BCUT2D eigenvalue weighted by Gasteiger charge is -2.11. The van der Waals surface area contributed by atoms with Crippen molar-refractivity contribution in [3.63, 3.8) is 0 Å². The van der Waals surface area contributed by atoms with Crippen LogP contribution in [-0.4, -0.2) is 22.2 Å². The molecule has 0 saturated carbocycles. The van der Waals surface area contributed by atoms with Crippen molar-refractivity contribution in [3.05, 3.63) is 35.6 Å². The van der Waals surface area contributed by atoms with Gasteiger partial charge in [-0.3, -0.25) is 5.32 Å². The second-order valence-corrected chi connectivity index (χ2v) is 4.43. The summed E-state index contributed by atoms with van der Waals surface area (Å²) < 4.78 is 13.4. The fourth-order valence-corrected chi connectivity index (χ4v) is 2.61. The molecule has 0 radical (unpaired) electrons. The van der Waals surface area contributed by atoms with Gasteiger partial charge in [-0.15, -0.1) is 11.8 Å². The minimum atomic E-state index is -0.904. The van der Waals surface area contributed by atoms with Gasteiger partial charge < -0.3 is 5.11 Å². The second-order valence-electron chi connectivity index (χ2n) is 3.29. The normalized spacial score (nSPS) is 25.4. The van der Waals surface area contributed by atoms with Crippen molar-refractivity contribution in [2.24, 2.45) is 0 Å². The molecule has 80 valence electrons. The topological polar surface area (TPSA) is 49.3 Å². The summed E-state index contributed by atoms with van der Waals surface area (Å²) in [6, 6.07) is 6.22. The van der Waals surface area contributed by atoms with E-state index in [1.807, 2.05) is 0 Å². The third kappa shape index (κ3) is 2.13. The minimum Gasteiger partial charge on any atom is -0.479 e. The Morgan fingerprint density at radius 1 is 1.53 bits per heavy atom. The predicted octanol–water partition coefficient (Wildman–Crippen LogP) is 1.61. The van der Waals surface area contributed by atoms with Crippen LogP contribution < -0.4 is 5.32 Å². The highest BCUT2D eigenvalue weighted by molar-refractivity contribution is 8.00. The molecule has 0 amide bonds. The summed E-state index contributed by atoms with van der Waals surface area (Å²) in [6.45, 7) is 0. The lowest BCUT2D eigenvalue weighted by atomic mass is 10.1. The molecule has 5 heteroatoms. The van der Waals surface area contributed by atoms with Crippen molar-refractivity contribution in [2.75, 3.05) is 5.75 Å². The zero-order chi connectivity index (χ0) is 10.8. The first-order chi connectivity index (χ1) is 7.18. The van der Waals surface area contributed by atoms with Gasteiger partial charge >= 0.3 is 5.97 Å². The van der Waals surface area contributed by atoms with Crippen LogP contribution in [0.4, 0.5) is 4.39 Å². The Hall–Kier alpha value is -1.07. The Morgan fingerprint density at radius 3 is 2.87 bits per heavy atom. The smallest absolute Gasteiger partial charge is 0.331 e. The van der Waals surface area contributed by atoms with Gasteiger partial charge in [0.2, 0.25) is 0 Å². The Bertz CT molecular complexity index is 385. The number of carboxylic acids is 1. The van der Waals surface area contributed by atoms with E-state index in [2.05, 4.69) is 5.32 Å². The van der Waals surface area contributed by atoms with Crippen LogP contribution in [0.5, 0.6) is 0 Å². The van der Waals surface area contributed by atoms with Gasteiger partial charge in [-0.05, 0) is 6.07 Å². The SMILES string of the molecule is O=C(O)[C@@H]1N[C@H](c2ccccc2F)CS1. The van der Waals surface area contributed by atoms with Gasteiger partial charge in [-0.25, -0.2) is 9.18 Å². The number of hydrogen-bond donors (Lipinski definition) is 2. The van der Waals surface area contributed by atoms with Gasteiger partial charge in [0.25, 0.3) is 0 Å². The average molecular weight is 227 g/mol. The molecule has 1 aromatic carbocycles. The lowest BCUT2D eigenvalue weighted by molar-refractivity contribution is -0.137. The fourth-order valence-electron chi connectivity index (χ4n) is 1.55. The summed E-state index contributed by atoms with van der Waals surface area (Å²) in [5, 5.41) is 11.0. The number of benzene rings is 1. The van der Waals surface area contributed by atoms with Crippen molar-refractivity contribution in [1.82, 2.24) is 5.32 Å². The number of nitrogens with one attached hydrogen (secondary N) is 1. The Morgan fingerprint density at radius 2 is 2.27 bits per heavy atom. The monoisotopic (exact) mass is 227 g/mol. The number of thioether (sulfide) groups is 1. The summed E-state index contributed by atoms with van der Waals surface area (Å²) in [6.07, 6.45) is 0. The van der Waals surface area contributed by atoms with Crippen molar-refractivity contribution >= 4 is 17.7 Å². The lowest BCUT2D eigenvalue weighted by Crippen LogP contribution is -2.30. The van der Waals surface area contributed by atoms with Crippen molar-refractivity contribution < 1.29 is 14.3 Å². The van der Waals surface area contributed by atoms with Crippen molar-refractivity contribution in [3.8, 4) is 0 Å². The number of rotatable bonds is 2. The van der Waals surface area contributed by atoms with E-state index in [0.717, 1.165) is 0 Å². The van der Waals surface area contributed by atoms with Crippen molar-refractivity contribution in [1.29, 1.82) is 0 Å². The molecule has 0 unspecified atom stereocenters. The van der Waals surface area contributed by atoms with Crippen molar-refractivity contribution in [2.45, 2.75) is 11.4 Å². The van der Waals surface area contributed by atoms with Crippen LogP contribution in [0.15, 0.2) is 24.3 Å². The first kappa shape index (κ1) is 10.4. The molecular formula is C10H10FNO2S. The third-order valence-electron chi connectivity index (χ3n) is 2.29. The first-order valence-electron chi connectivity index (χ1n) is 4.53. The zero-order valence-electron chi connectivity index (χ0n) is 7.81. The van der Waals surface area contributed by atoms with E-state index >= 15 is 0 Å². The van der Waals surface area contributed by atoms with Crippen LogP contribution in [0.3, 0.4) is 0 Å². The molecule has 0 spiro atoms. The highest BCUT2D eigenvalue weighted by atomic mass is 32.2. The molecule has 0 aromatic heterocycles. The summed E-state index contributed by atoms with van der Waals surface area (Å²) >= 11 is 1.28. The molecule has 2 atom stereocenters. The van der Waals surface area contributed by atoms with E-state index in [1.165, 1.54) is 17.8 Å². The van der Waals surface area contributed by atoms with Gasteiger partial charge in [-0.2, -0.15) is 0 Å². The predicted molar refractivity (Wildman–Crippen MR) is 56.2 cm³/mol. The van der Waals surface area contributed by atoms with Crippen LogP contribution in [0, 0.1) is 5.82 Å². The average Bonchev–Trinajstić information content (AvgIpc) is 2.67. The van der Waals surface area contributed by atoms with E-state index in [-0.39, 0.29) is 11.9 Å². The molecule has 2 rings (SSSR count). The molecule has 2 N–H and O–H groups in total. The van der Waals surface area contributed by atoms with Gasteiger partial charge in [0.1, 0.15) is 5.82 Å². The molecule has 15 heavy (non-hydrogen) atoms. The molecule has 3 nitrogen and oxygen atoms in total. The van der Waals surface area contributed by atoms with Crippen LogP contribution >= 0.6 is 11.8 Å². The quantitative estimate of drug-likeness (QED) is 0.806. The molecule has 1 saturated heterocycles. The van der Waals surface area contributed by atoms with E-state index in [0.29, 0.717) is 11.3 Å². The van der Waals surface area contributed by atoms with E-state index < -0.39 is 11.3 Å². The Labute approximate surface area is 90.7 Å². The molecule has 1 aromatic rings. The number of aliphatic carboxylic acids is 1. The largest absolute Gasteiger partial charge is 0.479 e. The zero-order valence-corrected chi connectivity index (χ0v) is 8.63. The third-order valence-corrected chi connectivity index (χ3v) is 3.48. The molecule has 1 aliphatic rings. The highest BCUT2D eigenvalue weighted by Crippen LogP contribution is 2.30. The van der Waals surface area contributed by atoms with Gasteiger partial charge in [0.15, 0.2) is 5.37 Å². The number of hydrogen-bond acceptors (Lipinski definition) is 3. The fraction of sp³-hybridized carbons (Fsp3) is 0.300. The van der Waals surface area contributed by atoms with Crippen LogP contribution in [-0.2, 0) is 4.79 Å². The van der Waals surface area contributed by atoms with E-state index in [1.54, 1.807) is 18.2 Å². The summed E-state index contributed by atoms with van der Waals surface area (Å²) in [4.78, 5) is 10.7. The van der Waals surface area contributed by atoms with E-state index in [4.69, 9.17) is 5.11 Å². The molecule has 0 bridgehead atoms. The maximum absolute atomic E-state index is 13.4. The number of halogens is 1. The minimum absolute atomic E-state index is 0.211. The molecule has 1 heterocycles. The highest BCUT2D eigenvalue weighted by Gasteiger charge is 2.31. The Balaban J connectivity index is 2.14. The maximum atomic E-state index is 13.4. The summed E-state index contributed by atoms with van der Waals surface area (Å²) in [7, 11) is 0. The molecule has 1 aliphatic heterocycles. The van der Waals surface area contributed by atoms with Crippen LogP contribution in [0.25, 0.3) is 0 Å². The maximum Gasteiger partial charge on any atom is 0.331 e. The second kappa shape index (κ2) is 4.20. The van der Waals surface area contributed by atoms with Crippen LogP contribution in [0.2, 0.25) is 0 Å². The van der Waals surface area contributed by atoms with Gasteiger partial charge in [0, 0.05) is 17.4 Å². The standard InChI is InChI=1S/C10H10FNO2S/c11-7-4-2-1-3-6(7)8-5-15-9(12-8)10(13)14/h1-4,8-9,12H,5H2,(H,13,14)/t8-,9+/m0/s1. The summed E-state index contributed by atoms with van der Waals surface area (Å²) in [5.41, 5.74) is 0.536. The molecule has 0 aliphatic carbocycles. The summed E-state index contributed by atoms with van der Waals surface area (Å²) in [5.74, 6) is -0.613.